The number of carbonyl (C=O) groups excluding carboxylic acids is 1. The van der Waals surface area contributed by atoms with Crippen LogP contribution in [0.15, 0.2) is 42.5 Å². The van der Waals surface area contributed by atoms with E-state index in [9.17, 15) is 9.59 Å². The Labute approximate surface area is 198 Å². The van der Waals surface area contributed by atoms with Gasteiger partial charge in [-0.25, -0.2) is 9.59 Å². The van der Waals surface area contributed by atoms with E-state index in [0.717, 1.165) is 49.4 Å². The normalized spacial score (nSPS) is 23.3. The summed E-state index contributed by atoms with van der Waals surface area (Å²) in [4.78, 5) is 25.7. The molecule has 9 heteroatoms. The fraction of sp³-hybridized carbons (Fsp3) is 0.400. The van der Waals surface area contributed by atoms with E-state index in [0.29, 0.717) is 11.7 Å². The monoisotopic (exact) mass is 467 g/mol. The number of carbonyl (C=O) groups is 2. The van der Waals surface area contributed by atoms with Crippen LogP contribution in [0.4, 0.5) is 10.5 Å². The molecule has 1 saturated carbocycles. The molecule has 0 aromatic heterocycles. The van der Waals surface area contributed by atoms with E-state index in [-0.39, 0.29) is 11.0 Å². The van der Waals surface area contributed by atoms with Gasteiger partial charge in [-0.05, 0) is 68.4 Å². The molecule has 34 heavy (non-hydrogen) atoms. The first-order valence-corrected chi connectivity index (χ1v) is 11.3. The molecular formula is C25H31N4O5+. The molecule has 1 heterocycles. The SMILES string of the molecule is COc1ccc([C@@]23CC/C(=[NH+]\NC(=O)Nc4ccc(C(=O)O)cc4)C[C@@H]2N(C)CC3)cc1OC. The fourth-order valence-corrected chi connectivity index (χ4v) is 5.22. The highest BCUT2D eigenvalue weighted by Crippen LogP contribution is 2.48. The minimum absolute atomic E-state index is 0.0215. The molecule has 2 aromatic rings. The molecule has 2 atom stereocenters. The van der Waals surface area contributed by atoms with Crippen LogP contribution in [-0.2, 0) is 5.41 Å². The molecule has 4 rings (SSSR count). The van der Waals surface area contributed by atoms with Gasteiger partial charge in [0, 0.05) is 30.0 Å². The van der Waals surface area contributed by atoms with Crippen LogP contribution in [0.25, 0.3) is 0 Å². The number of fused-ring (bicyclic) bond motifs is 1. The maximum Gasteiger partial charge on any atom is 0.372 e. The van der Waals surface area contributed by atoms with Gasteiger partial charge in [-0.2, -0.15) is 0 Å². The summed E-state index contributed by atoms with van der Waals surface area (Å²) in [7, 11) is 5.45. The zero-order valence-electron chi connectivity index (χ0n) is 19.7. The lowest BCUT2D eigenvalue weighted by Gasteiger charge is -2.40. The number of aromatic carboxylic acids is 1. The van der Waals surface area contributed by atoms with Crippen molar-refractivity contribution in [1.29, 1.82) is 0 Å². The largest absolute Gasteiger partial charge is 0.493 e. The maximum absolute atomic E-state index is 12.3. The molecule has 9 nitrogen and oxygen atoms in total. The van der Waals surface area contributed by atoms with E-state index < -0.39 is 12.0 Å². The van der Waals surface area contributed by atoms with Crippen LogP contribution in [0, 0.1) is 0 Å². The number of nitrogens with zero attached hydrogens (tertiary/aromatic N) is 1. The second kappa shape index (κ2) is 9.72. The molecule has 0 radical (unpaired) electrons. The van der Waals surface area contributed by atoms with Gasteiger partial charge < -0.3 is 24.8 Å². The molecule has 0 spiro atoms. The number of hydrogen-bond acceptors (Lipinski definition) is 5. The number of carboxylic acid groups (broad SMARTS) is 1. The number of hydrogen-bond donors (Lipinski definition) is 4. The second-order valence-electron chi connectivity index (χ2n) is 8.87. The number of methoxy groups -OCH3 is 2. The summed E-state index contributed by atoms with van der Waals surface area (Å²) in [6.07, 6.45) is 3.68. The van der Waals surface area contributed by atoms with Gasteiger partial charge >= 0.3 is 12.0 Å². The minimum atomic E-state index is -1.01. The lowest BCUT2D eigenvalue weighted by Crippen LogP contribution is -2.85. The fourth-order valence-electron chi connectivity index (χ4n) is 5.22. The Morgan fingerprint density at radius 2 is 1.82 bits per heavy atom. The maximum atomic E-state index is 12.3. The summed E-state index contributed by atoms with van der Waals surface area (Å²) in [6.45, 7) is 1.01. The molecule has 0 unspecified atom stereocenters. The Morgan fingerprint density at radius 1 is 1.09 bits per heavy atom. The van der Waals surface area contributed by atoms with Gasteiger partial charge in [0.2, 0.25) is 0 Å². The molecule has 2 aromatic carbocycles. The van der Waals surface area contributed by atoms with Crippen molar-refractivity contribution in [2.45, 2.75) is 37.1 Å². The van der Waals surface area contributed by atoms with E-state index in [1.54, 1.807) is 26.4 Å². The predicted molar refractivity (Wildman–Crippen MR) is 128 cm³/mol. The van der Waals surface area contributed by atoms with E-state index in [1.165, 1.54) is 17.7 Å². The number of urea groups is 1. The summed E-state index contributed by atoms with van der Waals surface area (Å²) in [5.74, 6) is 0.459. The van der Waals surface area contributed by atoms with Crippen molar-refractivity contribution in [1.82, 2.24) is 10.3 Å². The van der Waals surface area contributed by atoms with Crippen LogP contribution >= 0.6 is 0 Å². The number of likely N-dealkylation sites (N-methyl/N-ethyl adjacent to an activating group) is 1. The van der Waals surface area contributed by atoms with Crippen LogP contribution < -0.4 is 25.3 Å². The average molecular weight is 468 g/mol. The lowest BCUT2D eigenvalue weighted by atomic mass is 9.65. The summed E-state index contributed by atoms with van der Waals surface area (Å²) < 4.78 is 11.0. The Morgan fingerprint density at radius 3 is 2.50 bits per heavy atom. The first-order valence-electron chi connectivity index (χ1n) is 11.3. The Kier molecular flexibility index (Phi) is 6.74. The van der Waals surface area contributed by atoms with E-state index in [4.69, 9.17) is 14.6 Å². The number of carboxylic acids is 1. The summed E-state index contributed by atoms with van der Waals surface area (Å²) >= 11 is 0. The zero-order chi connectivity index (χ0) is 24.3. The minimum Gasteiger partial charge on any atom is -0.493 e. The van der Waals surface area contributed by atoms with Crippen LogP contribution in [0.5, 0.6) is 11.5 Å². The standard InChI is InChI=1S/C25H30N4O5/c1-29-13-12-25(17-6-9-20(33-2)21(14-17)34-3)11-10-19(15-22(25)29)27-28-24(32)26-18-7-4-16(5-8-18)23(30)31/h4-9,14,22H,10-13,15H2,1-3H3,(H,30,31)(H2,26,28,32)/p+1/b27-19+/t22-,25-/m0/s1. The Bertz CT molecular complexity index is 1100. The van der Waals surface area contributed by atoms with Crippen molar-refractivity contribution in [3.63, 3.8) is 0 Å². The molecule has 0 bridgehead atoms. The van der Waals surface area contributed by atoms with Gasteiger partial charge in [-0.15, -0.1) is 10.5 Å². The number of hydrazine groups is 1. The van der Waals surface area contributed by atoms with Crippen LogP contribution in [0.1, 0.15) is 41.6 Å². The number of rotatable bonds is 6. The van der Waals surface area contributed by atoms with Gasteiger partial charge in [0.25, 0.3) is 0 Å². The predicted octanol–water partition coefficient (Wildman–Crippen LogP) is 1.79. The molecular weight excluding hydrogens is 436 g/mol. The number of ether oxygens (including phenoxy) is 2. The first kappa shape index (κ1) is 23.6. The van der Waals surface area contributed by atoms with Crippen molar-refractivity contribution in [2.24, 2.45) is 0 Å². The second-order valence-corrected chi connectivity index (χ2v) is 8.87. The molecule has 1 aliphatic carbocycles. The zero-order valence-corrected chi connectivity index (χ0v) is 19.7. The Hall–Kier alpha value is -3.59. The number of nitrogens with one attached hydrogen (secondary N) is 3. The third kappa shape index (κ3) is 4.56. The highest BCUT2D eigenvalue weighted by molar-refractivity contribution is 5.91. The smallest absolute Gasteiger partial charge is 0.372 e. The highest BCUT2D eigenvalue weighted by atomic mass is 16.5. The summed E-state index contributed by atoms with van der Waals surface area (Å²) in [5, 5.41) is 14.8. The average Bonchev–Trinajstić information content (AvgIpc) is 3.19. The van der Waals surface area contributed by atoms with E-state index in [1.807, 2.05) is 6.07 Å². The van der Waals surface area contributed by atoms with Crippen molar-refractivity contribution in [3.05, 3.63) is 53.6 Å². The lowest BCUT2D eigenvalue weighted by molar-refractivity contribution is -0.511. The number of likely N-dealkylation sites (tertiary alicyclic amines) is 1. The van der Waals surface area contributed by atoms with Crippen molar-refractivity contribution in [3.8, 4) is 11.5 Å². The molecule has 2 amide bonds. The molecule has 4 N–H and O–H groups in total. The number of amides is 2. The van der Waals surface area contributed by atoms with Gasteiger partial charge in [0.1, 0.15) is 0 Å². The van der Waals surface area contributed by atoms with Crippen molar-refractivity contribution in [2.75, 3.05) is 33.1 Å². The van der Waals surface area contributed by atoms with Crippen LogP contribution in [0.3, 0.4) is 0 Å². The highest BCUT2D eigenvalue weighted by Gasteiger charge is 2.51. The molecule has 2 fully saturated rings. The Balaban J connectivity index is 1.44. The summed E-state index contributed by atoms with van der Waals surface area (Å²) in [5.41, 5.74) is 5.75. The summed E-state index contributed by atoms with van der Waals surface area (Å²) in [6, 6.07) is 12.1. The van der Waals surface area contributed by atoms with Gasteiger partial charge in [-0.3, -0.25) is 0 Å². The van der Waals surface area contributed by atoms with E-state index in [2.05, 4.69) is 39.9 Å². The first-order chi connectivity index (χ1) is 16.4. The topological polar surface area (TPSA) is 114 Å². The van der Waals surface area contributed by atoms with Gasteiger partial charge in [0.15, 0.2) is 17.2 Å². The third-order valence-electron chi connectivity index (χ3n) is 7.09. The molecule has 1 aliphatic heterocycles. The van der Waals surface area contributed by atoms with Gasteiger partial charge in [-0.1, -0.05) is 6.07 Å². The molecule has 1 saturated heterocycles. The quantitative estimate of drug-likeness (QED) is 0.482. The van der Waals surface area contributed by atoms with Gasteiger partial charge in [0.05, 0.1) is 19.8 Å². The van der Waals surface area contributed by atoms with Crippen LogP contribution in [0.2, 0.25) is 0 Å². The van der Waals surface area contributed by atoms with Crippen LogP contribution in [-0.4, -0.2) is 61.6 Å². The third-order valence-corrected chi connectivity index (χ3v) is 7.09. The van der Waals surface area contributed by atoms with Crippen molar-refractivity contribution < 1.29 is 29.3 Å². The molecule has 180 valence electrons. The van der Waals surface area contributed by atoms with E-state index >= 15 is 0 Å². The number of benzene rings is 2. The number of anilines is 1. The molecule has 2 aliphatic rings. The van der Waals surface area contributed by atoms with Crippen molar-refractivity contribution >= 4 is 23.4 Å². The number of hydrazone groups is 1.